The van der Waals surface area contributed by atoms with Crippen LogP contribution >= 0.6 is 11.5 Å². The Kier molecular flexibility index (Phi) is 3.17. The lowest BCUT2D eigenvalue weighted by Crippen LogP contribution is -2.34. The number of carbonyl (C=O) groups excluding carboxylic acids is 2. The first-order valence-corrected chi connectivity index (χ1v) is 7.53. The molecule has 4 nitrogen and oxygen atoms in total. The van der Waals surface area contributed by atoms with Gasteiger partial charge in [0.1, 0.15) is 11.3 Å². The lowest BCUT2D eigenvalue weighted by atomic mass is 9.70. The van der Waals surface area contributed by atoms with Gasteiger partial charge in [-0.25, -0.2) is 0 Å². The third kappa shape index (κ3) is 2.26. The van der Waals surface area contributed by atoms with Crippen LogP contribution in [0.1, 0.15) is 43.5 Å². The number of aromatic nitrogens is 2. The van der Waals surface area contributed by atoms with Crippen LogP contribution in [0.5, 0.6) is 0 Å². The van der Waals surface area contributed by atoms with Gasteiger partial charge in [-0.1, -0.05) is 24.4 Å². The van der Waals surface area contributed by atoms with Crippen LogP contribution in [0.2, 0.25) is 0 Å². The Hall–Kier alpha value is -1.62. The van der Waals surface area contributed by atoms with Crippen LogP contribution < -0.4 is 0 Å². The van der Waals surface area contributed by atoms with E-state index in [-0.39, 0.29) is 17.0 Å². The van der Waals surface area contributed by atoms with Gasteiger partial charge in [0, 0.05) is 12.0 Å². The minimum absolute atomic E-state index is 0.0198. The number of Topliss-reactive ketones (excluding diaryl/α,β-unsaturated/α-hetero) is 2. The molecule has 2 aromatic rings. The highest BCUT2D eigenvalue weighted by Gasteiger charge is 2.37. The molecule has 1 unspecified atom stereocenters. The van der Waals surface area contributed by atoms with E-state index in [4.69, 9.17) is 0 Å². The summed E-state index contributed by atoms with van der Waals surface area (Å²) in [6.07, 6.45) is 2.04. The van der Waals surface area contributed by atoms with Crippen molar-refractivity contribution in [2.45, 2.75) is 33.1 Å². The molecule has 20 heavy (non-hydrogen) atoms. The molecule has 104 valence electrons. The van der Waals surface area contributed by atoms with Crippen LogP contribution in [0.15, 0.2) is 18.2 Å². The van der Waals surface area contributed by atoms with E-state index in [0.29, 0.717) is 18.4 Å². The second-order valence-corrected chi connectivity index (χ2v) is 6.94. The molecule has 0 N–H and O–H groups in total. The molecule has 0 bridgehead atoms. The second kappa shape index (κ2) is 4.74. The Morgan fingerprint density at radius 1 is 1.40 bits per heavy atom. The van der Waals surface area contributed by atoms with Crippen LogP contribution in [0.25, 0.3) is 10.2 Å². The average Bonchev–Trinajstić information content (AvgIpc) is 2.85. The van der Waals surface area contributed by atoms with Gasteiger partial charge in [0.05, 0.1) is 10.6 Å². The fourth-order valence-electron chi connectivity index (χ4n) is 2.84. The van der Waals surface area contributed by atoms with Gasteiger partial charge in [0.25, 0.3) is 0 Å². The first-order valence-electron chi connectivity index (χ1n) is 6.76. The fraction of sp³-hybridized carbons (Fsp3) is 0.467. The highest BCUT2D eigenvalue weighted by Crippen LogP contribution is 2.37. The topological polar surface area (TPSA) is 59.9 Å². The first-order chi connectivity index (χ1) is 9.48. The maximum absolute atomic E-state index is 12.7. The Morgan fingerprint density at radius 3 is 2.95 bits per heavy atom. The molecule has 1 atom stereocenters. The molecular formula is C15H16N2O2S. The zero-order chi connectivity index (χ0) is 14.3. The van der Waals surface area contributed by atoms with Crippen molar-refractivity contribution in [1.29, 1.82) is 0 Å². The van der Waals surface area contributed by atoms with Gasteiger partial charge in [0.2, 0.25) is 0 Å². The molecule has 0 aliphatic heterocycles. The summed E-state index contributed by atoms with van der Waals surface area (Å²) in [4.78, 5) is 24.9. The van der Waals surface area contributed by atoms with E-state index in [2.05, 4.69) is 23.4 Å². The van der Waals surface area contributed by atoms with E-state index in [0.717, 1.165) is 16.6 Å². The predicted octanol–water partition coefficient (Wildman–Crippen LogP) is 3.27. The van der Waals surface area contributed by atoms with Gasteiger partial charge >= 0.3 is 0 Å². The van der Waals surface area contributed by atoms with E-state index in [9.17, 15) is 9.59 Å². The molecule has 0 spiro atoms. The van der Waals surface area contributed by atoms with E-state index in [1.807, 2.05) is 6.07 Å². The maximum Gasteiger partial charge on any atom is 0.174 e. The zero-order valence-electron chi connectivity index (χ0n) is 11.5. The molecule has 0 saturated heterocycles. The Morgan fingerprint density at radius 2 is 2.20 bits per heavy atom. The van der Waals surface area contributed by atoms with Gasteiger partial charge in [0.15, 0.2) is 5.78 Å². The van der Waals surface area contributed by atoms with Gasteiger partial charge in [-0.2, -0.15) is 0 Å². The fourth-order valence-corrected chi connectivity index (χ4v) is 3.52. The minimum atomic E-state index is -0.490. The number of ketones is 2. The third-order valence-electron chi connectivity index (χ3n) is 4.01. The molecule has 1 fully saturated rings. The van der Waals surface area contributed by atoms with Crippen LogP contribution in [0, 0.1) is 11.3 Å². The van der Waals surface area contributed by atoms with Crippen molar-refractivity contribution in [2.24, 2.45) is 11.3 Å². The predicted molar refractivity (Wildman–Crippen MR) is 77.9 cm³/mol. The Bertz CT molecular complexity index is 690. The number of fused-ring (bicyclic) bond motifs is 1. The standard InChI is InChI=1S/C15H16N2O2S/c1-15(2)7-6-9(12(18)8-15)13(19)10-4-3-5-11-14(10)20-17-16-11/h3-5,9H,6-8H2,1-2H3. The van der Waals surface area contributed by atoms with Crippen molar-refractivity contribution in [2.75, 3.05) is 0 Å². The summed E-state index contributed by atoms with van der Waals surface area (Å²) in [5.74, 6) is -0.487. The normalized spacial score (nSPS) is 22.1. The van der Waals surface area contributed by atoms with Crippen molar-refractivity contribution in [3.63, 3.8) is 0 Å². The molecule has 0 radical (unpaired) electrons. The summed E-state index contributed by atoms with van der Waals surface area (Å²) in [6.45, 7) is 4.17. The molecule has 1 aliphatic rings. The molecule has 5 heteroatoms. The number of nitrogens with zero attached hydrogens (tertiary/aromatic N) is 2. The van der Waals surface area contributed by atoms with Gasteiger partial charge in [-0.3, -0.25) is 9.59 Å². The van der Waals surface area contributed by atoms with Gasteiger partial charge in [-0.05, 0) is 41.9 Å². The highest BCUT2D eigenvalue weighted by molar-refractivity contribution is 7.13. The summed E-state index contributed by atoms with van der Waals surface area (Å²) in [5, 5.41) is 3.98. The van der Waals surface area contributed by atoms with E-state index < -0.39 is 5.92 Å². The molecule has 1 aromatic carbocycles. The molecule has 3 rings (SSSR count). The third-order valence-corrected chi connectivity index (χ3v) is 4.78. The number of benzene rings is 1. The van der Waals surface area contributed by atoms with Crippen molar-refractivity contribution in [1.82, 2.24) is 9.59 Å². The smallest absolute Gasteiger partial charge is 0.174 e. The maximum atomic E-state index is 12.7. The molecule has 1 saturated carbocycles. The van der Waals surface area contributed by atoms with Crippen LogP contribution in [-0.2, 0) is 4.79 Å². The number of hydrogen-bond donors (Lipinski definition) is 0. The van der Waals surface area contributed by atoms with Gasteiger partial charge < -0.3 is 0 Å². The summed E-state index contributed by atoms with van der Waals surface area (Å²) in [5.41, 5.74) is 1.34. The lowest BCUT2D eigenvalue weighted by molar-refractivity contribution is -0.126. The number of carbonyl (C=O) groups is 2. The molecule has 1 heterocycles. The highest BCUT2D eigenvalue weighted by atomic mass is 32.1. The number of hydrogen-bond acceptors (Lipinski definition) is 5. The summed E-state index contributed by atoms with van der Waals surface area (Å²) in [6, 6.07) is 5.41. The average molecular weight is 288 g/mol. The monoisotopic (exact) mass is 288 g/mol. The second-order valence-electron chi connectivity index (χ2n) is 6.19. The molecule has 1 aromatic heterocycles. The van der Waals surface area contributed by atoms with E-state index in [1.165, 1.54) is 11.5 Å². The van der Waals surface area contributed by atoms with Gasteiger partial charge in [-0.15, -0.1) is 5.10 Å². The molecule has 1 aliphatic carbocycles. The van der Waals surface area contributed by atoms with Crippen LogP contribution in [-0.4, -0.2) is 21.2 Å². The Labute approximate surface area is 121 Å². The van der Waals surface area contributed by atoms with Crippen molar-refractivity contribution in [3.05, 3.63) is 23.8 Å². The van der Waals surface area contributed by atoms with E-state index >= 15 is 0 Å². The van der Waals surface area contributed by atoms with Crippen LogP contribution in [0.4, 0.5) is 0 Å². The Balaban J connectivity index is 1.93. The lowest BCUT2D eigenvalue weighted by Gasteiger charge is -2.32. The first kappa shape index (κ1) is 13.4. The largest absolute Gasteiger partial charge is 0.299 e. The quantitative estimate of drug-likeness (QED) is 0.628. The summed E-state index contributed by atoms with van der Waals surface area (Å²) < 4.78 is 4.67. The minimum Gasteiger partial charge on any atom is -0.299 e. The number of rotatable bonds is 2. The van der Waals surface area contributed by atoms with E-state index in [1.54, 1.807) is 12.1 Å². The van der Waals surface area contributed by atoms with Crippen molar-refractivity contribution in [3.8, 4) is 0 Å². The zero-order valence-corrected chi connectivity index (χ0v) is 12.4. The molecular weight excluding hydrogens is 272 g/mol. The van der Waals surface area contributed by atoms with Crippen LogP contribution in [0.3, 0.4) is 0 Å². The molecule has 0 amide bonds. The van der Waals surface area contributed by atoms with Crippen molar-refractivity contribution >= 4 is 33.3 Å². The van der Waals surface area contributed by atoms with Crippen molar-refractivity contribution < 1.29 is 9.59 Å². The summed E-state index contributed by atoms with van der Waals surface area (Å²) in [7, 11) is 0. The SMILES string of the molecule is CC1(C)CCC(C(=O)c2cccc3nnsc23)C(=O)C1. The summed E-state index contributed by atoms with van der Waals surface area (Å²) >= 11 is 1.21.